The topological polar surface area (TPSA) is 64.7 Å². The first kappa shape index (κ1) is 11.2. The van der Waals surface area contributed by atoms with Crippen LogP contribution in [0.15, 0.2) is 12.3 Å². The molecule has 0 aliphatic carbocycles. The van der Waals surface area contributed by atoms with Crippen molar-refractivity contribution in [1.82, 2.24) is 15.2 Å². The van der Waals surface area contributed by atoms with Crippen LogP contribution in [0.5, 0.6) is 0 Å². The smallest absolute Gasteiger partial charge is 0.282 e. The maximum atomic E-state index is 12.8. The van der Waals surface area contributed by atoms with E-state index in [2.05, 4.69) is 15.2 Å². The van der Waals surface area contributed by atoms with Gasteiger partial charge in [0.15, 0.2) is 0 Å². The van der Waals surface area contributed by atoms with Crippen LogP contribution in [-0.2, 0) is 0 Å². The number of fused-ring (bicyclic) bond motifs is 3. The average Bonchev–Trinajstić information content (AvgIpc) is 2.70. The lowest BCUT2D eigenvalue weighted by Gasteiger charge is -2.03. The van der Waals surface area contributed by atoms with Gasteiger partial charge >= 0.3 is 0 Å². The summed E-state index contributed by atoms with van der Waals surface area (Å²) in [5.41, 5.74) is 5.94. The Labute approximate surface area is 104 Å². The fraction of sp³-hybridized carbons (Fsp3) is 0.182. The second kappa shape index (κ2) is 3.81. The lowest BCUT2D eigenvalue weighted by atomic mass is 10.1. The van der Waals surface area contributed by atoms with Gasteiger partial charge in [-0.05, 0) is 18.6 Å². The highest BCUT2D eigenvalue weighted by molar-refractivity contribution is 7.26. The highest BCUT2D eigenvalue weighted by Crippen LogP contribution is 2.38. The van der Waals surface area contributed by atoms with Crippen molar-refractivity contribution in [2.75, 3.05) is 5.73 Å². The van der Waals surface area contributed by atoms with Gasteiger partial charge in [0, 0.05) is 17.0 Å². The fourth-order valence-corrected chi connectivity index (χ4v) is 3.05. The van der Waals surface area contributed by atoms with Crippen LogP contribution in [0.2, 0.25) is 0 Å². The molecule has 0 aliphatic heterocycles. The van der Waals surface area contributed by atoms with E-state index in [1.54, 1.807) is 19.2 Å². The van der Waals surface area contributed by atoms with E-state index in [1.165, 1.54) is 11.3 Å². The predicted octanol–water partition coefficient (Wildman–Crippen LogP) is 3.07. The first-order valence-corrected chi connectivity index (χ1v) is 5.99. The number of hydrogen-bond acceptors (Lipinski definition) is 5. The number of nitrogens with two attached hydrogens (primary N) is 1. The largest absolute Gasteiger partial charge is 0.383 e. The molecule has 3 aromatic heterocycles. The molecular weight excluding hydrogens is 258 g/mol. The number of alkyl halides is 2. The highest BCUT2D eigenvalue weighted by Gasteiger charge is 2.19. The maximum Gasteiger partial charge on any atom is 0.282 e. The van der Waals surface area contributed by atoms with Gasteiger partial charge in [0.25, 0.3) is 6.43 Å². The van der Waals surface area contributed by atoms with E-state index in [0.29, 0.717) is 21.6 Å². The summed E-state index contributed by atoms with van der Waals surface area (Å²) in [6.45, 7) is 1.63. The molecule has 2 N–H and O–H groups in total. The van der Waals surface area contributed by atoms with Gasteiger partial charge in [-0.3, -0.25) is 0 Å². The van der Waals surface area contributed by atoms with Crippen molar-refractivity contribution in [3.05, 3.63) is 23.5 Å². The molecule has 0 aromatic carbocycles. The van der Waals surface area contributed by atoms with E-state index in [1.807, 2.05) is 0 Å². The Morgan fingerprint density at radius 2 is 2.11 bits per heavy atom. The summed E-state index contributed by atoms with van der Waals surface area (Å²) < 4.78 is 26.4. The van der Waals surface area contributed by atoms with Crippen LogP contribution in [0.3, 0.4) is 0 Å². The quantitative estimate of drug-likeness (QED) is 0.735. The average molecular weight is 266 g/mol. The Morgan fingerprint density at radius 1 is 1.33 bits per heavy atom. The van der Waals surface area contributed by atoms with Crippen molar-refractivity contribution < 1.29 is 8.78 Å². The van der Waals surface area contributed by atoms with Crippen molar-refractivity contribution in [2.24, 2.45) is 0 Å². The van der Waals surface area contributed by atoms with Gasteiger partial charge in [0.1, 0.15) is 16.3 Å². The Balaban J connectivity index is 2.50. The molecule has 0 spiro atoms. The summed E-state index contributed by atoms with van der Waals surface area (Å²) in [7, 11) is 0. The first-order chi connectivity index (χ1) is 8.59. The summed E-state index contributed by atoms with van der Waals surface area (Å²) >= 11 is 1.32. The Morgan fingerprint density at radius 3 is 2.83 bits per heavy atom. The van der Waals surface area contributed by atoms with Crippen LogP contribution in [0.4, 0.5) is 14.6 Å². The number of halogens is 2. The molecule has 7 heteroatoms. The minimum atomic E-state index is -2.63. The van der Waals surface area contributed by atoms with E-state index < -0.39 is 6.43 Å². The maximum absolute atomic E-state index is 12.8. The van der Waals surface area contributed by atoms with Crippen LogP contribution in [0.25, 0.3) is 20.3 Å². The third-order valence-electron chi connectivity index (χ3n) is 2.83. The molecule has 18 heavy (non-hydrogen) atoms. The van der Waals surface area contributed by atoms with Crippen LogP contribution in [0, 0.1) is 6.92 Å². The highest BCUT2D eigenvalue weighted by atomic mass is 32.1. The molecule has 0 radical (unpaired) electrons. The normalized spacial score (nSPS) is 11.8. The number of thiophene rings is 1. The number of aryl methyl sites for hydroxylation is 1. The molecule has 3 aromatic rings. The number of rotatable bonds is 1. The predicted molar refractivity (Wildman–Crippen MR) is 66.8 cm³/mol. The first-order valence-electron chi connectivity index (χ1n) is 5.17. The molecule has 0 unspecified atom stereocenters. The number of aromatic nitrogens is 3. The SMILES string of the molecule is Cc1c(C(F)F)nnc2sc3c(N)nccc3c12. The van der Waals surface area contributed by atoms with E-state index in [0.717, 1.165) is 10.1 Å². The minimum absolute atomic E-state index is 0.280. The van der Waals surface area contributed by atoms with Gasteiger partial charge in [-0.1, -0.05) is 0 Å². The third kappa shape index (κ3) is 1.43. The third-order valence-corrected chi connectivity index (χ3v) is 3.94. The lowest BCUT2D eigenvalue weighted by Crippen LogP contribution is -1.97. The summed E-state index contributed by atoms with van der Waals surface area (Å²) in [4.78, 5) is 4.58. The van der Waals surface area contributed by atoms with Gasteiger partial charge in [0.2, 0.25) is 0 Å². The monoisotopic (exact) mass is 266 g/mol. The standard InChI is InChI=1S/C11H8F2N4S/c1-4-6-5-2-3-15-10(14)8(5)18-11(6)17-16-7(4)9(12)13/h2-3,9H,1H3,(H2,14,15). The Hall–Kier alpha value is -1.89. The molecule has 92 valence electrons. The lowest BCUT2D eigenvalue weighted by molar-refractivity contribution is 0.144. The van der Waals surface area contributed by atoms with Gasteiger partial charge in [-0.25, -0.2) is 13.8 Å². The summed E-state index contributed by atoms with van der Waals surface area (Å²) in [5, 5.41) is 8.92. The summed E-state index contributed by atoms with van der Waals surface area (Å²) in [5.74, 6) is 0.383. The molecule has 3 rings (SSSR count). The zero-order valence-corrected chi connectivity index (χ0v) is 10.1. The molecule has 0 amide bonds. The van der Waals surface area contributed by atoms with E-state index in [-0.39, 0.29) is 5.69 Å². The minimum Gasteiger partial charge on any atom is -0.383 e. The van der Waals surface area contributed by atoms with Crippen molar-refractivity contribution in [3.63, 3.8) is 0 Å². The van der Waals surface area contributed by atoms with Crippen molar-refractivity contribution in [1.29, 1.82) is 0 Å². The number of hydrogen-bond donors (Lipinski definition) is 1. The van der Waals surface area contributed by atoms with Gasteiger partial charge in [0.05, 0.1) is 4.70 Å². The number of anilines is 1. The number of nitrogen functional groups attached to an aromatic ring is 1. The number of pyridine rings is 1. The summed E-state index contributed by atoms with van der Waals surface area (Å²) in [6, 6.07) is 1.76. The molecule has 0 saturated carbocycles. The molecule has 3 heterocycles. The second-order valence-corrected chi connectivity index (χ2v) is 4.87. The number of nitrogens with zero attached hydrogens (tertiary/aromatic N) is 3. The second-order valence-electron chi connectivity index (χ2n) is 3.87. The molecule has 0 bridgehead atoms. The van der Waals surface area contributed by atoms with Gasteiger partial charge in [-0.2, -0.15) is 0 Å². The van der Waals surface area contributed by atoms with E-state index in [9.17, 15) is 8.78 Å². The van der Waals surface area contributed by atoms with E-state index >= 15 is 0 Å². The van der Waals surface area contributed by atoms with Crippen LogP contribution in [-0.4, -0.2) is 15.2 Å². The van der Waals surface area contributed by atoms with Crippen molar-refractivity contribution in [3.8, 4) is 0 Å². The Bertz CT molecular complexity index is 753. The molecular formula is C11H8F2N4S. The zero-order chi connectivity index (χ0) is 12.9. The van der Waals surface area contributed by atoms with Crippen LogP contribution >= 0.6 is 11.3 Å². The molecule has 0 aliphatic rings. The zero-order valence-electron chi connectivity index (χ0n) is 9.32. The fourth-order valence-electron chi connectivity index (χ4n) is 1.97. The van der Waals surface area contributed by atoms with Crippen LogP contribution < -0.4 is 5.73 Å². The summed E-state index contributed by atoms with van der Waals surface area (Å²) in [6.07, 6.45) is -1.07. The molecule has 0 saturated heterocycles. The van der Waals surface area contributed by atoms with Gasteiger partial charge in [-0.15, -0.1) is 21.5 Å². The van der Waals surface area contributed by atoms with Crippen LogP contribution in [0.1, 0.15) is 17.7 Å². The van der Waals surface area contributed by atoms with E-state index in [4.69, 9.17) is 5.73 Å². The molecule has 0 atom stereocenters. The van der Waals surface area contributed by atoms with Crippen molar-refractivity contribution in [2.45, 2.75) is 13.3 Å². The molecule has 4 nitrogen and oxygen atoms in total. The molecule has 0 fully saturated rings. The Kier molecular flexibility index (Phi) is 2.37. The van der Waals surface area contributed by atoms with Crippen molar-refractivity contribution >= 4 is 37.5 Å². The van der Waals surface area contributed by atoms with Gasteiger partial charge < -0.3 is 5.73 Å².